The normalized spacial score (nSPS) is 14.3. The van der Waals surface area contributed by atoms with Crippen molar-refractivity contribution < 1.29 is 28.4 Å². The molecule has 0 saturated carbocycles. The zero-order valence-electron chi connectivity index (χ0n) is 22.3. The number of hydrogen-bond donors (Lipinski definition) is 2. The van der Waals surface area contributed by atoms with E-state index in [2.05, 4.69) is 19.2 Å². The minimum absolute atomic E-state index is 0.0362. The molecule has 2 atom stereocenters. The van der Waals surface area contributed by atoms with Crippen LogP contribution in [-0.2, 0) is 30.0 Å². The van der Waals surface area contributed by atoms with Crippen molar-refractivity contribution in [3.05, 3.63) is 35.9 Å². The molecular formula is C25H43BN2O6. The fourth-order valence-electron chi connectivity index (χ4n) is 2.91. The third-order valence-electron chi connectivity index (χ3n) is 5.47. The predicted molar refractivity (Wildman–Crippen MR) is 134 cm³/mol. The van der Waals surface area contributed by atoms with Gasteiger partial charge in [0.2, 0.25) is 0 Å². The minimum atomic E-state index is -1.04. The van der Waals surface area contributed by atoms with E-state index >= 15 is 0 Å². The molecule has 0 aliphatic rings. The van der Waals surface area contributed by atoms with E-state index in [-0.39, 0.29) is 14.1 Å². The lowest BCUT2D eigenvalue weighted by atomic mass is 9.88. The van der Waals surface area contributed by atoms with Crippen LogP contribution in [-0.4, -0.2) is 48.8 Å². The highest BCUT2D eigenvalue weighted by atomic mass is 16.6. The van der Waals surface area contributed by atoms with Gasteiger partial charge in [-0.25, -0.2) is 9.59 Å². The first-order chi connectivity index (χ1) is 15.5. The van der Waals surface area contributed by atoms with E-state index in [0.717, 1.165) is 5.56 Å². The Bertz CT molecular complexity index is 777. The summed E-state index contributed by atoms with van der Waals surface area (Å²) in [5.74, 6) is -0.187. The largest absolute Gasteiger partial charge is 0.455 e. The van der Waals surface area contributed by atoms with Gasteiger partial charge in [0.25, 0.3) is 0 Å². The summed E-state index contributed by atoms with van der Waals surface area (Å²) in [7, 11) is -0.0362. The quantitative estimate of drug-likeness (QED) is 0.267. The molecule has 0 spiro atoms. The molecule has 0 aromatic heterocycles. The van der Waals surface area contributed by atoms with Crippen molar-refractivity contribution in [2.24, 2.45) is 11.7 Å². The van der Waals surface area contributed by atoms with Gasteiger partial charge in [0, 0.05) is 6.42 Å². The van der Waals surface area contributed by atoms with Crippen molar-refractivity contribution in [1.29, 1.82) is 0 Å². The van der Waals surface area contributed by atoms with Gasteiger partial charge in [-0.15, -0.1) is 0 Å². The Hall–Kier alpha value is -2.10. The maximum absolute atomic E-state index is 13.2. The third kappa shape index (κ3) is 10.9. The molecule has 0 aliphatic heterocycles. The van der Waals surface area contributed by atoms with E-state index in [9.17, 15) is 9.59 Å². The van der Waals surface area contributed by atoms with Crippen LogP contribution in [0.5, 0.6) is 0 Å². The van der Waals surface area contributed by atoms with Crippen LogP contribution in [0, 0.1) is 5.92 Å². The summed E-state index contributed by atoms with van der Waals surface area (Å²) in [6, 6.07) is 8.45. The van der Waals surface area contributed by atoms with Crippen LogP contribution in [0.1, 0.15) is 74.3 Å². The van der Waals surface area contributed by atoms with Gasteiger partial charge in [0.05, 0.1) is 11.8 Å². The van der Waals surface area contributed by atoms with Crippen LogP contribution in [0.25, 0.3) is 0 Å². The van der Waals surface area contributed by atoms with Crippen LogP contribution in [0.15, 0.2) is 30.3 Å². The number of esters is 1. The Morgan fingerprint density at radius 2 is 1.56 bits per heavy atom. The molecule has 1 unspecified atom stereocenters. The van der Waals surface area contributed by atoms with E-state index in [0.29, 0.717) is 12.3 Å². The SMILES string of the molecule is CC(C)CC(N)OBOC(C)(C)C(C)(C)OC(=O)[C@H](Cc1ccccc1)NC(=O)OC(C)(C)C. The minimum Gasteiger partial charge on any atom is -0.455 e. The molecule has 0 saturated heterocycles. The molecular weight excluding hydrogens is 435 g/mol. The molecule has 0 aliphatic carbocycles. The number of benzene rings is 1. The zero-order valence-corrected chi connectivity index (χ0v) is 22.3. The first-order valence-corrected chi connectivity index (χ1v) is 11.8. The van der Waals surface area contributed by atoms with Crippen LogP contribution in [0.3, 0.4) is 0 Å². The Balaban J connectivity index is 2.88. The van der Waals surface area contributed by atoms with Gasteiger partial charge >= 0.3 is 19.7 Å². The molecule has 1 amide bonds. The molecule has 9 heteroatoms. The summed E-state index contributed by atoms with van der Waals surface area (Å²) in [5.41, 5.74) is 4.19. The second kappa shape index (κ2) is 12.6. The highest BCUT2D eigenvalue weighted by Gasteiger charge is 2.43. The lowest BCUT2D eigenvalue weighted by Gasteiger charge is -2.41. The monoisotopic (exact) mass is 478 g/mol. The third-order valence-corrected chi connectivity index (χ3v) is 5.47. The molecule has 34 heavy (non-hydrogen) atoms. The van der Waals surface area contributed by atoms with Gasteiger partial charge in [0.15, 0.2) is 0 Å². The lowest BCUT2D eigenvalue weighted by Crippen LogP contribution is -2.55. The van der Waals surface area contributed by atoms with E-state index in [1.807, 2.05) is 44.2 Å². The van der Waals surface area contributed by atoms with Crippen LogP contribution in [0.4, 0.5) is 4.79 Å². The Morgan fingerprint density at radius 1 is 0.971 bits per heavy atom. The highest BCUT2D eigenvalue weighted by molar-refractivity contribution is 6.18. The number of carbonyl (C=O) groups excluding carboxylic acids is 2. The standard InChI is InChI=1S/C25H43BN2O6/c1-17(2)15-20(27)33-26-34-25(8,9)24(6,7)31-21(29)19(16-18-13-11-10-12-14-18)28-22(30)32-23(3,4)5/h10-14,17,19-20,26H,15-16,27H2,1-9H3,(H,28,30)/t19-,20?/m0/s1. The summed E-state index contributed by atoms with van der Waals surface area (Å²) < 4.78 is 22.7. The molecule has 8 nitrogen and oxygen atoms in total. The Labute approximate surface area is 205 Å². The molecule has 0 heterocycles. The number of amides is 1. The summed E-state index contributed by atoms with van der Waals surface area (Å²) in [6.45, 7) is 16.5. The number of nitrogens with two attached hydrogens (primary N) is 1. The van der Waals surface area contributed by atoms with Crippen molar-refractivity contribution in [3.63, 3.8) is 0 Å². The van der Waals surface area contributed by atoms with Gasteiger partial charge in [-0.1, -0.05) is 44.2 Å². The Kier molecular flexibility index (Phi) is 11.1. The van der Waals surface area contributed by atoms with E-state index in [1.165, 1.54) is 0 Å². The first kappa shape index (κ1) is 29.9. The molecule has 3 N–H and O–H groups in total. The smallest absolute Gasteiger partial charge is 0.439 e. The van der Waals surface area contributed by atoms with Crippen molar-refractivity contribution in [2.75, 3.05) is 0 Å². The van der Waals surface area contributed by atoms with Gasteiger partial charge in [0.1, 0.15) is 17.2 Å². The maximum Gasteiger partial charge on any atom is 0.439 e. The van der Waals surface area contributed by atoms with Gasteiger partial charge in [-0.2, -0.15) is 0 Å². The molecule has 192 valence electrons. The average molecular weight is 478 g/mol. The molecule has 0 bridgehead atoms. The molecule has 1 aromatic carbocycles. The molecule has 0 radical (unpaired) electrons. The van der Waals surface area contributed by atoms with Crippen molar-refractivity contribution >= 4 is 19.7 Å². The molecule has 0 fully saturated rings. The number of carbonyl (C=O) groups is 2. The number of rotatable bonds is 12. The van der Waals surface area contributed by atoms with Crippen molar-refractivity contribution in [2.45, 2.75) is 104 Å². The molecule has 1 rings (SSSR count). The molecule has 1 aromatic rings. The number of hydrogen-bond acceptors (Lipinski definition) is 7. The predicted octanol–water partition coefficient (Wildman–Crippen LogP) is 3.85. The average Bonchev–Trinajstić information content (AvgIpc) is 2.65. The van der Waals surface area contributed by atoms with Crippen LogP contribution in [0.2, 0.25) is 0 Å². The van der Waals surface area contributed by atoms with Crippen LogP contribution >= 0.6 is 0 Å². The topological polar surface area (TPSA) is 109 Å². The van der Waals surface area contributed by atoms with Crippen molar-refractivity contribution in [3.8, 4) is 0 Å². The van der Waals surface area contributed by atoms with E-state index in [4.69, 9.17) is 24.5 Å². The van der Waals surface area contributed by atoms with Crippen LogP contribution < -0.4 is 11.1 Å². The number of alkyl carbamates (subject to hydrolysis) is 1. The second-order valence-corrected chi connectivity index (χ2v) is 10.9. The van der Waals surface area contributed by atoms with Gasteiger partial charge in [-0.3, -0.25) is 0 Å². The number of nitrogens with one attached hydrogen (secondary N) is 1. The number of ether oxygens (including phenoxy) is 2. The zero-order chi connectivity index (χ0) is 26.2. The fraction of sp³-hybridized carbons (Fsp3) is 0.680. The Morgan fingerprint density at radius 3 is 2.09 bits per heavy atom. The van der Waals surface area contributed by atoms with Gasteiger partial charge in [-0.05, 0) is 66.4 Å². The maximum atomic E-state index is 13.2. The van der Waals surface area contributed by atoms with E-state index in [1.54, 1.807) is 34.6 Å². The van der Waals surface area contributed by atoms with Gasteiger partial charge < -0.3 is 29.8 Å². The summed E-state index contributed by atoms with van der Waals surface area (Å²) in [6.07, 6.45) is -0.163. The first-order valence-electron chi connectivity index (χ1n) is 11.8. The lowest BCUT2D eigenvalue weighted by molar-refractivity contribution is -0.180. The summed E-state index contributed by atoms with van der Waals surface area (Å²) in [4.78, 5) is 25.6. The van der Waals surface area contributed by atoms with E-state index < -0.39 is 41.1 Å². The van der Waals surface area contributed by atoms with Crippen molar-refractivity contribution in [1.82, 2.24) is 5.32 Å². The fourth-order valence-corrected chi connectivity index (χ4v) is 2.91. The highest BCUT2D eigenvalue weighted by Crippen LogP contribution is 2.29. The summed E-state index contributed by atoms with van der Waals surface area (Å²) in [5, 5.41) is 2.65. The summed E-state index contributed by atoms with van der Waals surface area (Å²) >= 11 is 0. The second-order valence-electron chi connectivity index (χ2n) is 10.9.